The zero-order valence-corrected chi connectivity index (χ0v) is 17.1. The van der Waals surface area contributed by atoms with Crippen molar-refractivity contribution in [1.82, 2.24) is 19.7 Å². The number of carbonyl (C=O) groups excluding carboxylic acids is 2. The molecule has 0 radical (unpaired) electrons. The van der Waals surface area contributed by atoms with Crippen molar-refractivity contribution in [3.05, 3.63) is 58.8 Å². The molecule has 0 atom stereocenters. The van der Waals surface area contributed by atoms with Crippen LogP contribution in [0.2, 0.25) is 5.02 Å². The molecule has 1 amide bonds. The Hall–Kier alpha value is -3.22. The van der Waals surface area contributed by atoms with Crippen LogP contribution in [0.25, 0.3) is 5.69 Å². The van der Waals surface area contributed by atoms with Crippen LogP contribution in [0.3, 0.4) is 0 Å². The molecule has 1 N–H and O–H groups in total. The molecule has 2 aromatic heterocycles. The van der Waals surface area contributed by atoms with Gasteiger partial charge in [0, 0.05) is 16.3 Å². The fourth-order valence-electron chi connectivity index (χ4n) is 2.59. The van der Waals surface area contributed by atoms with Crippen LogP contribution >= 0.6 is 23.4 Å². The number of benzene rings is 1. The molecule has 0 aliphatic rings. The number of aryl methyl sites for hydroxylation is 1. The van der Waals surface area contributed by atoms with E-state index in [0.717, 1.165) is 11.8 Å². The molecule has 3 aromatic rings. The number of thioether (sulfide) groups is 1. The number of amides is 1. The molecule has 0 fully saturated rings. The number of ketones is 1. The molecular formula is C19H15ClN6O2S. The smallest absolute Gasteiger partial charge is 0.234 e. The summed E-state index contributed by atoms with van der Waals surface area (Å²) in [7, 11) is 0. The summed E-state index contributed by atoms with van der Waals surface area (Å²) >= 11 is 7.17. The van der Waals surface area contributed by atoms with Gasteiger partial charge >= 0.3 is 0 Å². The molecule has 0 aliphatic heterocycles. The number of nitrogens with one attached hydrogen (secondary N) is 1. The van der Waals surface area contributed by atoms with Gasteiger partial charge in [-0.05, 0) is 38.1 Å². The lowest BCUT2D eigenvalue weighted by Gasteiger charge is -2.12. The first-order valence-electron chi connectivity index (χ1n) is 8.39. The minimum Gasteiger partial charge on any atom is -0.323 e. The van der Waals surface area contributed by atoms with Gasteiger partial charge in [0.15, 0.2) is 5.78 Å². The van der Waals surface area contributed by atoms with Gasteiger partial charge < -0.3 is 5.32 Å². The van der Waals surface area contributed by atoms with Crippen LogP contribution in [0, 0.1) is 18.3 Å². The third-order valence-corrected chi connectivity index (χ3v) is 5.14. The van der Waals surface area contributed by atoms with E-state index in [1.54, 1.807) is 25.1 Å². The number of aromatic nitrogens is 4. The summed E-state index contributed by atoms with van der Waals surface area (Å²) in [6.07, 6.45) is 2.90. The van der Waals surface area contributed by atoms with Gasteiger partial charge in [-0.3, -0.25) is 9.59 Å². The van der Waals surface area contributed by atoms with E-state index in [-0.39, 0.29) is 23.0 Å². The highest BCUT2D eigenvalue weighted by Gasteiger charge is 2.15. The van der Waals surface area contributed by atoms with E-state index in [1.165, 1.54) is 30.3 Å². The molecule has 29 heavy (non-hydrogen) atoms. The Balaban J connectivity index is 1.77. The fraction of sp³-hybridized carbons (Fsp3) is 0.158. The monoisotopic (exact) mass is 426 g/mol. The lowest BCUT2D eigenvalue weighted by Crippen LogP contribution is -2.16. The fourth-order valence-corrected chi connectivity index (χ4v) is 3.56. The molecule has 3 rings (SSSR count). The van der Waals surface area contributed by atoms with Crippen molar-refractivity contribution in [2.24, 2.45) is 0 Å². The van der Waals surface area contributed by atoms with Crippen molar-refractivity contribution in [3.8, 4) is 11.8 Å². The van der Waals surface area contributed by atoms with E-state index < -0.39 is 0 Å². The number of nitrogens with zero attached hydrogens (tertiary/aromatic N) is 5. The zero-order valence-electron chi connectivity index (χ0n) is 15.5. The van der Waals surface area contributed by atoms with E-state index in [9.17, 15) is 14.9 Å². The predicted octanol–water partition coefficient (Wildman–Crippen LogP) is 3.43. The highest BCUT2D eigenvalue weighted by atomic mass is 35.5. The number of Topliss-reactive ketones (excluding diaryl/α,β-unsaturated/α-hetero) is 1. The van der Waals surface area contributed by atoms with Crippen molar-refractivity contribution in [2.45, 2.75) is 18.9 Å². The second kappa shape index (κ2) is 8.86. The second-order valence-corrected chi connectivity index (χ2v) is 7.38. The summed E-state index contributed by atoms with van der Waals surface area (Å²) in [5.74, 6) is -0.455. The van der Waals surface area contributed by atoms with Gasteiger partial charge in [-0.1, -0.05) is 23.4 Å². The zero-order chi connectivity index (χ0) is 21.0. The maximum absolute atomic E-state index is 12.5. The molecule has 0 saturated heterocycles. The highest BCUT2D eigenvalue weighted by Crippen LogP contribution is 2.26. The van der Waals surface area contributed by atoms with Crippen LogP contribution < -0.4 is 5.32 Å². The van der Waals surface area contributed by atoms with Gasteiger partial charge in [0.25, 0.3) is 0 Å². The SMILES string of the molecule is CC(=O)c1cc(C#N)c(SCC(=O)Nc2cc(Cl)ccc2-n2cncn2)nc1C. The average Bonchev–Trinajstić information content (AvgIpc) is 3.20. The summed E-state index contributed by atoms with van der Waals surface area (Å²) in [5, 5.41) is 17.1. The van der Waals surface area contributed by atoms with Crippen LogP contribution in [-0.4, -0.2) is 37.2 Å². The Labute approximate surface area is 175 Å². The summed E-state index contributed by atoms with van der Waals surface area (Å²) in [5.41, 5.74) is 2.26. The quantitative estimate of drug-likeness (QED) is 0.474. The molecular weight excluding hydrogens is 412 g/mol. The van der Waals surface area contributed by atoms with Crippen molar-refractivity contribution < 1.29 is 9.59 Å². The van der Waals surface area contributed by atoms with Crippen LogP contribution in [0.1, 0.15) is 28.5 Å². The van der Waals surface area contributed by atoms with E-state index in [4.69, 9.17) is 11.6 Å². The summed E-state index contributed by atoms with van der Waals surface area (Å²) in [6, 6.07) is 8.55. The molecule has 0 spiro atoms. The molecule has 10 heteroatoms. The lowest BCUT2D eigenvalue weighted by molar-refractivity contribution is -0.113. The van der Waals surface area contributed by atoms with Gasteiger partial charge in [0.05, 0.1) is 22.7 Å². The Morgan fingerprint density at radius 2 is 2.14 bits per heavy atom. The maximum Gasteiger partial charge on any atom is 0.234 e. The molecule has 1 aromatic carbocycles. The van der Waals surface area contributed by atoms with E-state index in [1.807, 2.05) is 6.07 Å². The Bertz CT molecular complexity index is 1120. The van der Waals surface area contributed by atoms with Crippen LogP contribution in [0.5, 0.6) is 0 Å². The van der Waals surface area contributed by atoms with Crippen molar-refractivity contribution in [2.75, 3.05) is 11.1 Å². The number of halogens is 1. The Kier molecular flexibility index (Phi) is 6.26. The van der Waals surface area contributed by atoms with Gasteiger partial charge in [0.1, 0.15) is 23.7 Å². The third kappa shape index (κ3) is 4.80. The number of nitriles is 1. The van der Waals surface area contributed by atoms with E-state index in [2.05, 4.69) is 20.4 Å². The van der Waals surface area contributed by atoms with Crippen LogP contribution in [0.4, 0.5) is 5.69 Å². The van der Waals surface area contributed by atoms with Crippen molar-refractivity contribution >= 4 is 40.7 Å². The summed E-state index contributed by atoms with van der Waals surface area (Å²) in [4.78, 5) is 32.3. The third-order valence-electron chi connectivity index (χ3n) is 3.92. The maximum atomic E-state index is 12.5. The summed E-state index contributed by atoms with van der Waals surface area (Å²) in [6.45, 7) is 3.11. The number of carbonyl (C=O) groups is 2. The van der Waals surface area contributed by atoms with Crippen molar-refractivity contribution in [1.29, 1.82) is 5.26 Å². The predicted molar refractivity (Wildman–Crippen MR) is 109 cm³/mol. The summed E-state index contributed by atoms with van der Waals surface area (Å²) < 4.78 is 1.51. The number of hydrogen-bond donors (Lipinski definition) is 1. The second-order valence-electron chi connectivity index (χ2n) is 5.98. The molecule has 146 valence electrons. The molecule has 0 bridgehead atoms. The highest BCUT2D eigenvalue weighted by molar-refractivity contribution is 8.00. The molecule has 0 unspecified atom stereocenters. The minimum absolute atomic E-state index is 0.0177. The van der Waals surface area contributed by atoms with Crippen LogP contribution in [-0.2, 0) is 4.79 Å². The number of anilines is 1. The first kappa shape index (κ1) is 20.5. The molecule has 8 nitrogen and oxygen atoms in total. The number of hydrogen-bond acceptors (Lipinski definition) is 7. The Morgan fingerprint density at radius 3 is 2.79 bits per heavy atom. The standard InChI is InChI=1S/C19H15ClN6O2S/c1-11-15(12(2)27)5-13(7-21)19(24-11)29-8-18(28)25-16-6-14(20)3-4-17(16)26-10-22-9-23-26/h3-6,9-10H,8H2,1-2H3,(H,25,28). The first-order valence-corrected chi connectivity index (χ1v) is 9.75. The molecule has 2 heterocycles. The van der Waals surface area contributed by atoms with Gasteiger partial charge in [0.2, 0.25) is 5.91 Å². The van der Waals surface area contributed by atoms with Gasteiger partial charge in [-0.25, -0.2) is 14.6 Å². The average molecular weight is 427 g/mol. The van der Waals surface area contributed by atoms with Crippen molar-refractivity contribution in [3.63, 3.8) is 0 Å². The normalized spacial score (nSPS) is 10.4. The molecule has 0 saturated carbocycles. The van der Waals surface area contributed by atoms with Gasteiger partial charge in [-0.15, -0.1) is 0 Å². The topological polar surface area (TPSA) is 114 Å². The number of pyridine rings is 1. The van der Waals surface area contributed by atoms with E-state index in [0.29, 0.717) is 32.7 Å². The molecule has 0 aliphatic carbocycles. The Morgan fingerprint density at radius 1 is 1.34 bits per heavy atom. The number of rotatable bonds is 6. The lowest BCUT2D eigenvalue weighted by atomic mass is 10.1. The van der Waals surface area contributed by atoms with Crippen LogP contribution in [0.15, 0.2) is 41.9 Å². The minimum atomic E-state index is -0.308. The van der Waals surface area contributed by atoms with E-state index >= 15 is 0 Å². The van der Waals surface area contributed by atoms with Gasteiger partial charge in [-0.2, -0.15) is 10.4 Å². The largest absolute Gasteiger partial charge is 0.323 e. The first-order chi connectivity index (χ1) is 13.9.